The Balaban J connectivity index is 2.24. The molecule has 6 heteroatoms. The van der Waals surface area contributed by atoms with E-state index in [4.69, 9.17) is 0 Å². The normalized spacial score (nSPS) is 11.9. The zero-order valence-electron chi connectivity index (χ0n) is 15.0. The van der Waals surface area contributed by atoms with Crippen molar-refractivity contribution in [2.75, 3.05) is 6.54 Å². The fourth-order valence-corrected chi connectivity index (χ4v) is 2.74. The Morgan fingerprint density at radius 1 is 1.24 bits per heavy atom. The molecule has 0 aliphatic rings. The van der Waals surface area contributed by atoms with E-state index in [0.29, 0.717) is 23.5 Å². The van der Waals surface area contributed by atoms with Crippen molar-refractivity contribution in [1.29, 1.82) is 0 Å². The van der Waals surface area contributed by atoms with Crippen LogP contribution >= 0.6 is 0 Å². The van der Waals surface area contributed by atoms with Crippen molar-refractivity contribution in [3.63, 3.8) is 0 Å². The fraction of sp³-hybridized carbons (Fsp3) is 0.368. The molecule has 0 aliphatic heterocycles. The van der Waals surface area contributed by atoms with Crippen molar-refractivity contribution in [3.05, 3.63) is 53.1 Å². The van der Waals surface area contributed by atoms with Gasteiger partial charge in [-0.25, -0.2) is 4.39 Å². The molecule has 1 atom stereocenters. The van der Waals surface area contributed by atoms with Crippen molar-refractivity contribution >= 4 is 11.8 Å². The number of rotatable bonds is 6. The van der Waals surface area contributed by atoms with Gasteiger partial charge in [0.05, 0.1) is 11.3 Å². The van der Waals surface area contributed by atoms with Crippen LogP contribution in [0.2, 0.25) is 0 Å². The van der Waals surface area contributed by atoms with Gasteiger partial charge in [0.1, 0.15) is 11.9 Å². The number of hydrogen-bond acceptors (Lipinski definition) is 2. The van der Waals surface area contributed by atoms with Gasteiger partial charge in [0.15, 0.2) is 0 Å². The number of nitrogens with zero attached hydrogens (tertiary/aromatic N) is 1. The van der Waals surface area contributed by atoms with Crippen LogP contribution in [0.15, 0.2) is 30.3 Å². The van der Waals surface area contributed by atoms with Gasteiger partial charge in [-0.1, -0.05) is 19.1 Å². The van der Waals surface area contributed by atoms with Crippen LogP contribution in [0.3, 0.4) is 0 Å². The summed E-state index contributed by atoms with van der Waals surface area (Å²) in [6.07, 6.45) is 0.830. The number of benzene rings is 1. The van der Waals surface area contributed by atoms with E-state index in [9.17, 15) is 14.0 Å². The molecule has 2 aromatic rings. The molecule has 134 valence electrons. The fourth-order valence-electron chi connectivity index (χ4n) is 2.74. The molecular weight excluding hydrogens is 321 g/mol. The number of nitrogens with one attached hydrogen (secondary N) is 2. The summed E-state index contributed by atoms with van der Waals surface area (Å²) in [7, 11) is 0. The largest absolute Gasteiger partial charge is 0.354 e. The van der Waals surface area contributed by atoms with Crippen molar-refractivity contribution in [1.82, 2.24) is 15.2 Å². The van der Waals surface area contributed by atoms with Crippen LogP contribution in [0, 0.1) is 19.7 Å². The first-order chi connectivity index (χ1) is 11.9. The summed E-state index contributed by atoms with van der Waals surface area (Å²) in [6.45, 7) is 7.74. The third kappa shape index (κ3) is 4.07. The Morgan fingerprint density at radius 3 is 2.56 bits per heavy atom. The quantitative estimate of drug-likeness (QED) is 0.846. The Bertz CT molecular complexity index is 783. The molecule has 2 amide bonds. The zero-order valence-corrected chi connectivity index (χ0v) is 15.0. The Morgan fingerprint density at radius 2 is 1.92 bits per heavy atom. The predicted molar refractivity (Wildman–Crippen MR) is 95.4 cm³/mol. The molecule has 5 nitrogen and oxygen atoms in total. The summed E-state index contributed by atoms with van der Waals surface area (Å²) < 4.78 is 15.8. The first-order valence-electron chi connectivity index (χ1n) is 8.39. The minimum absolute atomic E-state index is 0.224. The SMILES string of the molecule is CCCNC(=O)C(C)NC(=O)c1cc(C)n(-c2ccccc2F)c1C. The minimum atomic E-state index is -0.643. The molecule has 0 saturated carbocycles. The van der Waals surface area contributed by atoms with E-state index in [0.717, 1.165) is 12.1 Å². The lowest BCUT2D eigenvalue weighted by Gasteiger charge is -2.14. The van der Waals surface area contributed by atoms with E-state index in [1.54, 1.807) is 42.7 Å². The van der Waals surface area contributed by atoms with Crippen LogP contribution in [0.1, 0.15) is 42.0 Å². The summed E-state index contributed by atoms with van der Waals surface area (Å²) in [4.78, 5) is 24.4. The molecule has 0 bridgehead atoms. The second-order valence-electron chi connectivity index (χ2n) is 6.06. The van der Waals surface area contributed by atoms with Gasteiger partial charge in [-0.3, -0.25) is 9.59 Å². The van der Waals surface area contributed by atoms with E-state index in [1.165, 1.54) is 6.07 Å². The Kier molecular flexibility index (Phi) is 5.96. The lowest BCUT2D eigenvalue weighted by Crippen LogP contribution is -2.45. The van der Waals surface area contributed by atoms with Crippen LogP contribution in [0.4, 0.5) is 4.39 Å². The average Bonchev–Trinajstić information content (AvgIpc) is 2.88. The highest BCUT2D eigenvalue weighted by molar-refractivity contribution is 5.98. The highest BCUT2D eigenvalue weighted by atomic mass is 19.1. The molecule has 0 aliphatic carbocycles. The summed E-state index contributed by atoms with van der Waals surface area (Å²) >= 11 is 0. The average molecular weight is 345 g/mol. The highest BCUT2D eigenvalue weighted by Gasteiger charge is 2.21. The van der Waals surface area contributed by atoms with Gasteiger partial charge in [0.2, 0.25) is 5.91 Å². The van der Waals surface area contributed by atoms with Gasteiger partial charge >= 0.3 is 0 Å². The van der Waals surface area contributed by atoms with Crippen LogP contribution in [0.5, 0.6) is 0 Å². The highest BCUT2D eigenvalue weighted by Crippen LogP contribution is 2.22. The topological polar surface area (TPSA) is 63.1 Å². The molecule has 2 N–H and O–H groups in total. The third-order valence-corrected chi connectivity index (χ3v) is 4.06. The van der Waals surface area contributed by atoms with Crippen LogP contribution in [-0.2, 0) is 4.79 Å². The van der Waals surface area contributed by atoms with Gasteiger partial charge in [-0.05, 0) is 45.4 Å². The summed E-state index contributed by atoms with van der Waals surface area (Å²) in [5.41, 5.74) is 2.19. The molecular formula is C19H24FN3O2. The first-order valence-corrected chi connectivity index (χ1v) is 8.39. The van der Waals surface area contributed by atoms with Gasteiger partial charge in [-0.15, -0.1) is 0 Å². The monoisotopic (exact) mass is 345 g/mol. The lowest BCUT2D eigenvalue weighted by atomic mass is 10.2. The second-order valence-corrected chi connectivity index (χ2v) is 6.06. The smallest absolute Gasteiger partial charge is 0.253 e. The lowest BCUT2D eigenvalue weighted by molar-refractivity contribution is -0.122. The van der Waals surface area contributed by atoms with Crippen molar-refractivity contribution in [2.45, 2.75) is 40.2 Å². The third-order valence-electron chi connectivity index (χ3n) is 4.06. The summed E-state index contributed by atoms with van der Waals surface area (Å²) in [5, 5.41) is 5.44. The maximum atomic E-state index is 14.1. The number of aromatic nitrogens is 1. The number of hydrogen-bond donors (Lipinski definition) is 2. The molecule has 1 unspecified atom stereocenters. The molecule has 0 fully saturated rings. The summed E-state index contributed by atoms with van der Waals surface area (Å²) in [5.74, 6) is -0.934. The molecule has 25 heavy (non-hydrogen) atoms. The van der Waals surface area contributed by atoms with Gasteiger partial charge < -0.3 is 15.2 Å². The Labute approximate surface area is 147 Å². The van der Waals surface area contributed by atoms with Crippen molar-refractivity contribution in [3.8, 4) is 5.69 Å². The van der Waals surface area contributed by atoms with Crippen molar-refractivity contribution in [2.24, 2.45) is 0 Å². The van der Waals surface area contributed by atoms with Crippen molar-refractivity contribution < 1.29 is 14.0 Å². The molecule has 2 rings (SSSR count). The molecule has 0 radical (unpaired) electrons. The zero-order chi connectivity index (χ0) is 18.6. The maximum absolute atomic E-state index is 14.1. The van der Waals surface area contributed by atoms with Crippen LogP contribution in [0.25, 0.3) is 5.69 Å². The number of carbonyl (C=O) groups excluding carboxylic acids is 2. The standard InChI is InChI=1S/C19H24FN3O2/c1-5-10-21-18(24)13(3)22-19(25)15-11-12(2)23(14(15)4)17-9-7-6-8-16(17)20/h6-9,11,13H,5,10H2,1-4H3,(H,21,24)(H,22,25). The minimum Gasteiger partial charge on any atom is -0.354 e. The number of amides is 2. The molecule has 1 heterocycles. The van der Waals surface area contributed by atoms with Gasteiger partial charge in [0.25, 0.3) is 5.91 Å². The number of aryl methyl sites for hydroxylation is 1. The second kappa shape index (κ2) is 7.96. The Hall–Kier alpha value is -2.63. The van der Waals surface area contributed by atoms with E-state index in [1.807, 2.05) is 13.8 Å². The molecule has 1 aromatic heterocycles. The van der Waals surface area contributed by atoms with Gasteiger partial charge in [-0.2, -0.15) is 0 Å². The predicted octanol–water partition coefficient (Wildman–Crippen LogP) is 2.88. The van der Waals surface area contributed by atoms with E-state index < -0.39 is 6.04 Å². The van der Waals surface area contributed by atoms with E-state index >= 15 is 0 Å². The molecule has 1 aromatic carbocycles. The maximum Gasteiger partial charge on any atom is 0.253 e. The molecule has 0 saturated heterocycles. The van der Waals surface area contributed by atoms with Gasteiger partial charge in [0, 0.05) is 17.9 Å². The van der Waals surface area contributed by atoms with E-state index in [2.05, 4.69) is 10.6 Å². The summed E-state index contributed by atoms with van der Waals surface area (Å²) in [6, 6.07) is 7.48. The number of para-hydroxylation sites is 1. The molecule has 0 spiro atoms. The van der Waals surface area contributed by atoms with Crippen LogP contribution in [-0.4, -0.2) is 29.0 Å². The number of halogens is 1. The van der Waals surface area contributed by atoms with Crippen LogP contribution < -0.4 is 10.6 Å². The number of carbonyl (C=O) groups is 2. The first kappa shape index (κ1) is 18.7. The van der Waals surface area contributed by atoms with E-state index in [-0.39, 0.29) is 17.6 Å².